The summed E-state index contributed by atoms with van der Waals surface area (Å²) in [5.41, 5.74) is 10.6. The molecule has 170 valence electrons. The fraction of sp³-hybridized carbons (Fsp3) is 0.148. The lowest BCUT2D eigenvalue weighted by molar-refractivity contribution is -0.115. The van der Waals surface area contributed by atoms with Crippen LogP contribution >= 0.6 is 11.3 Å². The molecule has 34 heavy (non-hydrogen) atoms. The first kappa shape index (κ1) is 21.9. The number of anilines is 2. The van der Waals surface area contributed by atoms with E-state index in [0.29, 0.717) is 24.3 Å². The summed E-state index contributed by atoms with van der Waals surface area (Å²) in [7, 11) is 0. The molecule has 1 amide bonds. The van der Waals surface area contributed by atoms with Crippen molar-refractivity contribution < 1.29 is 4.79 Å². The minimum atomic E-state index is -0.0738. The molecule has 5 rings (SSSR count). The summed E-state index contributed by atoms with van der Waals surface area (Å²) in [6.45, 7) is 0.662. The molecule has 0 aliphatic heterocycles. The minimum Gasteiger partial charge on any atom is -0.397 e. The number of carbonyl (C=O) groups excluding carboxylic acids is 1. The number of nitrogen functional groups attached to an aromatic ring is 1. The SMILES string of the molecule is Nc1ccccc1NC(=O)Cc1cc2ccc(Cn3cc(CCc4ccccc4)nn3)cc2s1. The molecule has 5 aromatic rings. The highest BCUT2D eigenvalue weighted by atomic mass is 32.1. The van der Waals surface area contributed by atoms with E-state index in [-0.39, 0.29) is 5.91 Å². The van der Waals surface area contributed by atoms with Gasteiger partial charge in [-0.05, 0) is 53.6 Å². The molecule has 2 heterocycles. The lowest BCUT2D eigenvalue weighted by Gasteiger charge is -2.06. The van der Waals surface area contributed by atoms with Crippen LogP contribution in [0.5, 0.6) is 0 Å². The second-order valence-electron chi connectivity index (χ2n) is 8.29. The zero-order valence-corrected chi connectivity index (χ0v) is 19.5. The zero-order chi connectivity index (χ0) is 23.3. The number of nitrogens with one attached hydrogen (secondary N) is 1. The van der Waals surface area contributed by atoms with E-state index in [1.807, 2.05) is 35.1 Å². The molecule has 0 radical (unpaired) electrons. The molecule has 2 aromatic heterocycles. The highest BCUT2D eigenvalue weighted by Gasteiger charge is 2.10. The summed E-state index contributed by atoms with van der Waals surface area (Å²) in [5, 5.41) is 12.7. The Hall–Kier alpha value is -3.97. The molecule has 0 saturated heterocycles. The average Bonchev–Trinajstić information content (AvgIpc) is 3.45. The first-order chi connectivity index (χ1) is 16.6. The van der Waals surface area contributed by atoms with Crippen LogP contribution in [0.15, 0.2) is 85.1 Å². The van der Waals surface area contributed by atoms with E-state index in [2.05, 4.69) is 64.2 Å². The Kier molecular flexibility index (Phi) is 6.35. The number of carbonyl (C=O) groups is 1. The molecular weight excluding hydrogens is 442 g/mol. The Bertz CT molecular complexity index is 1420. The summed E-state index contributed by atoms with van der Waals surface area (Å²) in [6.07, 6.45) is 4.16. The highest BCUT2D eigenvalue weighted by Crippen LogP contribution is 2.28. The number of hydrogen-bond donors (Lipinski definition) is 2. The Balaban J connectivity index is 1.21. The van der Waals surface area contributed by atoms with Crippen LogP contribution in [0, 0.1) is 0 Å². The van der Waals surface area contributed by atoms with Gasteiger partial charge in [-0.3, -0.25) is 4.79 Å². The van der Waals surface area contributed by atoms with Gasteiger partial charge in [-0.15, -0.1) is 16.4 Å². The maximum atomic E-state index is 12.5. The zero-order valence-electron chi connectivity index (χ0n) is 18.6. The molecule has 0 bridgehead atoms. The number of para-hydroxylation sites is 2. The summed E-state index contributed by atoms with van der Waals surface area (Å²) in [5.74, 6) is -0.0738. The van der Waals surface area contributed by atoms with Gasteiger partial charge < -0.3 is 11.1 Å². The van der Waals surface area contributed by atoms with Crippen molar-refractivity contribution in [3.63, 3.8) is 0 Å². The van der Waals surface area contributed by atoms with Gasteiger partial charge in [0.2, 0.25) is 5.91 Å². The van der Waals surface area contributed by atoms with E-state index >= 15 is 0 Å². The van der Waals surface area contributed by atoms with Gasteiger partial charge in [0.1, 0.15) is 0 Å². The lowest BCUT2D eigenvalue weighted by atomic mass is 10.1. The monoisotopic (exact) mass is 467 g/mol. The maximum absolute atomic E-state index is 12.5. The van der Waals surface area contributed by atoms with Crippen LogP contribution in [-0.4, -0.2) is 20.9 Å². The van der Waals surface area contributed by atoms with Gasteiger partial charge in [0.25, 0.3) is 0 Å². The van der Waals surface area contributed by atoms with Crippen LogP contribution in [0.4, 0.5) is 11.4 Å². The highest BCUT2D eigenvalue weighted by molar-refractivity contribution is 7.19. The van der Waals surface area contributed by atoms with E-state index in [0.717, 1.165) is 39.1 Å². The third-order valence-electron chi connectivity index (χ3n) is 5.65. The standard InChI is InChI=1S/C27H25N5OS/c28-24-8-4-5-9-25(24)29-27(33)16-23-15-21-12-10-20(14-26(21)34-23)17-32-18-22(30-31-32)13-11-19-6-2-1-3-7-19/h1-10,12,14-15,18H,11,13,16-17,28H2,(H,29,33). The molecule has 0 fully saturated rings. The summed E-state index contributed by atoms with van der Waals surface area (Å²) in [6, 6.07) is 26.2. The Labute approximate surface area is 202 Å². The van der Waals surface area contributed by atoms with Crippen molar-refractivity contribution in [2.45, 2.75) is 25.8 Å². The van der Waals surface area contributed by atoms with Crippen molar-refractivity contribution in [3.05, 3.63) is 107 Å². The number of amides is 1. The third-order valence-corrected chi connectivity index (χ3v) is 6.75. The molecule has 0 saturated carbocycles. The van der Waals surface area contributed by atoms with Crippen molar-refractivity contribution in [2.24, 2.45) is 0 Å². The molecule has 3 N–H and O–H groups in total. The van der Waals surface area contributed by atoms with Crippen molar-refractivity contribution in [1.29, 1.82) is 0 Å². The fourth-order valence-electron chi connectivity index (χ4n) is 3.91. The molecular formula is C27H25N5OS. The predicted octanol–water partition coefficient (Wildman–Crippen LogP) is 5.09. The van der Waals surface area contributed by atoms with Gasteiger partial charge in [-0.2, -0.15) is 0 Å². The third kappa shape index (κ3) is 5.32. The minimum absolute atomic E-state index is 0.0738. The van der Waals surface area contributed by atoms with Crippen molar-refractivity contribution in [1.82, 2.24) is 15.0 Å². The number of hydrogen-bond acceptors (Lipinski definition) is 5. The predicted molar refractivity (Wildman–Crippen MR) is 138 cm³/mol. The van der Waals surface area contributed by atoms with Crippen molar-refractivity contribution >= 4 is 38.7 Å². The number of nitrogens with zero attached hydrogens (tertiary/aromatic N) is 3. The molecule has 0 aliphatic carbocycles. The van der Waals surface area contributed by atoms with Crippen LogP contribution in [0.25, 0.3) is 10.1 Å². The van der Waals surface area contributed by atoms with E-state index in [1.165, 1.54) is 5.56 Å². The number of benzene rings is 3. The normalized spacial score (nSPS) is 11.1. The Morgan fingerprint density at radius 3 is 2.62 bits per heavy atom. The molecule has 7 heteroatoms. The quantitative estimate of drug-likeness (QED) is 0.311. The van der Waals surface area contributed by atoms with Crippen LogP contribution < -0.4 is 11.1 Å². The maximum Gasteiger partial charge on any atom is 0.229 e. The second-order valence-corrected chi connectivity index (χ2v) is 9.46. The van der Waals surface area contributed by atoms with Crippen LogP contribution in [0.2, 0.25) is 0 Å². The second kappa shape index (κ2) is 9.89. The number of rotatable bonds is 8. The Morgan fingerprint density at radius 1 is 0.941 bits per heavy atom. The van der Waals surface area contributed by atoms with Gasteiger partial charge >= 0.3 is 0 Å². The van der Waals surface area contributed by atoms with Gasteiger partial charge in [0.15, 0.2) is 0 Å². The van der Waals surface area contributed by atoms with Gasteiger partial charge in [-0.25, -0.2) is 4.68 Å². The molecule has 0 aliphatic rings. The van der Waals surface area contributed by atoms with Gasteiger partial charge in [0.05, 0.1) is 30.0 Å². The van der Waals surface area contributed by atoms with E-state index in [4.69, 9.17) is 5.73 Å². The average molecular weight is 468 g/mol. The summed E-state index contributed by atoms with van der Waals surface area (Å²) < 4.78 is 3.04. The van der Waals surface area contributed by atoms with Crippen molar-refractivity contribution in [3.8, 4) is 0 Å². The van der Waals surface area contributed by atoms with Gasteiger partial charge in [-0.1, -0.05) is 59.8 Å². The molecule has 0 unspecified atom stereocenters. The topological polar surface area (TPSA) is 85.8 Å². The van der Waals surface area contributed by atoms with Crippen LogP contribution in [-0.2, 0) is 30.6 Å². The number of aromatic nitrogens is 3. The number of thiophene rings is 1. The Morgan fingerprint density at radius 2 is 1.76 bits per heavy atom. The summed E-state index contributed by atoms with van der Waals surface area (Å²) >= 11 is 1.64. The van der Waals surface area contributed by atoms with E-state index in [9.17, 15) is 4.79 Å². The first-order valence-electron chi connectivity index (χ1n) is 11.2. The molecule has 0 spiro atoms. The molecule has 0 atom stereocenters. The molecule has 6 nitrogen and oxygen atoms in total. The number of fused-ring (bicyclic) bond motifs is 1. The van der Waals surface area contributed by atoms with Crippen LogP contribution in [0.1, 0.15) is 21.7 Å². The van der Waals surface area contributed by atoms with E-state index < -0.39 is 0 Å². The number of aryl methyl sites for hydroxylation is 2. The lowest BCUT2D eigenvalue weighted by Crippen LogP contribution is -2.14. The smallest absolute Gasteiger partial charge is 0.229 e. The fourth-order valence-corrected chi connectivity index (χ4v) is 5.04. The van der Waals surface area contributed by atoms with Crippen LogP contribution in [0.3, 0.4) is 0 Å². The molecule has 3 aromatic carbocycles. The largest absolute Gasteiger partial charge is 0.397 e. The number of nitrogens with two attached hydrogens (primary N) is 1. The first-order valence-corrected chi connectivity index (χ1v) is 12.0. The van der Waals surface area contributed by atoms with E-state index in [1.54, 1.807) is 17.4 Å². The van der Waals surface area contributed by atoms with Gasteiger partial charge in [0, 0.05) is 15.8 Å². The van der Waals surface area contributed by atoms with Crippen molar-refractivity contribution in [2.75, 3.05) is 11.1 Å². The summed E-state index contributed by atoms with van der Waals surface area (Å²) in [4.78, 5) is 13.5.